The first kappa shape index (κ1) is 19.4. The SMILES string of the molecule is COc1ccc(-c2nn(-c3ccc(Cl)cc3C(F)(F)F)c3c2CCN3)c(OC)c1. The summed E-state index contributed by atoms with van der Waals surface area (Å²) >= 11 is 5.82. The molecule has 0 saturated heterocycles. The zero-order valence-corrected chi connectivity index (χ0v) is 16.4. The Morgan fingerprint density at radius 1 is 1.10 bits per heavy atom. The highest BCUT2D eigenvalue weighted by molar-refractivity contribution is 6.30. The molecule has 0 unspecified atom stereocenters. The van der Waals surface area contributed by atoms with Crippen molar-refractivity contribution < 1.29 is 22.6 Å². The molecule has 1 aliphatic heterocycles. The summed E-state index contributed by atoms with van der Waals surface area (Å²) in [5.41, 5.74) is 1.13. The fraction of sp³-hybridized carbons (Fsp3) is 0.250. The summed E-state index contributed by atoms with van der Waals surface area (Å²) in [5.74, 6) is 1.67. The van der Waals surface area contributed by atoms with Crippen molar-refractivity contribution in [1.82, 2.24) is 9.78 Å². The van der Waals surface area contributed by atoms with Crippen LogP contribution in [0.25, 0.3) is 16.9 Å². The number of alkyl halides is 3. The second kappa shape index (κ2) is 7.18. The minimum atomic E-state index is -4.57. The zero-order chi connectivity index (χ0) is 20.8. The molecule has 0 radical (unpaired) electrons. The number of benzene rings is 2. The highest BCUT2D eigenvalue weighted by Crippen LogP contribution is 2.42. The van der Waals surface area contributed by atoms with Crippen LogP contribution >= 0.6 is 11.6 Å². The van der Waals surface area contributed by atoms with Crippen molar-refractivity contribution in [2.75, 3.05) is 26.1 Å². The largest absolute Gasteiger partial charge is 0.497 e. The van der Waals surface area contributed by atoms with E-state index in [4.69, 9.17) is 21.1 Å². The van der Waals surface area contributed by atoms with Gasteiger partial charge in [0.25, 0.3) is 0 Å². The molecule has 0 aliphatic carbocycles. The first-order chi connectivity index (χ1) is 13.8. The van der Waals surface area contributed by atoms with Gasteiger partial charge in [-0.25, -0.2) is 4.68 Å². The van der Waals surface area contributed by atoms with Gasteiger partial charge in [0, 0.05) is 28.8 Å². The van der Waals surface area contributed by atoms with Gasteiger partial charge in [-0.15, -0.1) is 0 Å². The molecular formula is C20H17ClF3N3O2. The van der Waals surface area contributed by atoms with Crippen LogP contribution in [0.5, 0.6) is 11.5 Å². The van der Waals surface area contributed by atoms with Gasteiger partial charge in [-0.05, 0) is 36.8 Å². The van der Waals surface area contributed by atoms with Crippen LogP contribution in [0.3, 0.4) is 0 Å². The highest BCUT2D eigenvalue weighted by Gasteiger charge is 2.36. The van der Waals surface area contributed by atoms with Crippen LogP contribution in [-0.2, 0) is 12.6 Å². The molecule has 1 N–H and O–H groups in total. The lowest BCUT2D eigenvalue weighted by Gasteiger charge is -2.15. The van der Waals surface area contributed by atoms with Gasteiger partial charge in [0.15, 0.2) is 0 Å². The normalized spacial score (nSPS) is 13.2. The average molecular weight is 424 g/mol. The van der Waals surface area contributed by atoms with Crippen molar-refractivity contribution in [3.63, 3.8) is 0 Å². The lowest BCUT2D eigenvalue weighted by Crippen LogP contribution is -2.13. The first-order valence-electron chi connectivity index (χ1n) is 8.78. The third-order valence-corrected chi connectivity index (χ3v) is 5.04. The molecule has 1 aromatic heterocycles. The maximum absolute atomic E-state index is 13.6. The minimum Gasteiger partial charge on any atom is -0.497 e. The van der Waals surface area contributed by atoms with Gasteiger partial charge in [0.05, 0.1) is 25.5 Å². The van der Waals surface area contributed by atoms with E-state index in [0.717, 1.165) is 11.6 Å². The van der Waals surface area contributed by atoms with E-state index in [-0.39, 0.29) is 10.7 Å². The van der Waals surface area contributed by atoms with Gasteiger partial charge in [0.1, 0.15) is 23.0 Å². The lowest BCUT2D eigenvalue weighted by atomic mass is 10.1. The third kappa shape index (κ3) is 3.37. The molecule has 2 aromatic carbocycles. The van der Waals surface area contributed by atoms with Crippen molar-refractivity contribution in [3.05, 3.63) is 52.5 Å². The van der Waals surface area contributed by atoms with Gasteiger partial charge >= 0.3 is 6.18 Å². The van der Waals surface area contributed by atoms with Gasteiger partial charge in [-0.1, -0.05) is 11.6 Å². The number of aromatic nitrogens is 2. The van der Waals surface area contributed by atoms with Crippen molar-refractivity contribution in [2.45, 2.75) is 12.6 Å². The molecule has 4 rings (SSSR count). The maximum atomic E-state index is 13.6. The fourth-order valence-corrected chi connectivity index (χ4v) is 3.65. The summed E-state index contributed by atoms with van der Waals surface area (Å²) in [7, 11) is 3.07. The smallest absolute Gasteiger partial charge is 0.418 e. The van der Waals surface area contributed by atoms with Crippen LogP contribution < -0.4 is 14.8 Å². The predicted octanol–water partition coefficient (Wildman–Crippen LogP) is 5.20. The number of hydrogen-bond donors (Lipinski definition) is 1. The molecule has 0 amide bonds. The van der Waals surface area contributed by atoms with Gasteiger partial charge in [0.2, 0.25) is 0 Å². The predicted molar refractivity (Wildman–Crippen MR) is 104 cm³/mol. The van der Waals surface area contributed by atoms with Crippen LogP contribution in [0.1, 0.15) is 11.1 Å². The van der Waals surface area contributed by atoms with Crippen LogP contribution in [0.15, 0.2) is 36.4 Å². The van der Waals surface area contributed by atoms with E-state index < -0.39 is 11.7 Å². The van der Waals surface area contributed by atoms with E-state index in [1.807, 2.05) is 0 Å². The summed E-state index contributed by atoms with van der Waals surface area (Å²) < 4.78 is 52.9. The summed E-state index contributed by atoms with van der Waals surface area (Å²) in [4.78, 5) is 0. The summed E-state index contributed by atoms with van der Waals surface area (Å²) in [6.45, 7) is 0.605. The third-order valence-electron chi connectivity index (χ3n) is 4.81. The average Bonchev–Trinajstić information content (AvgIpc) is 3.30. The van der Waals surface area contributed by atoms with Crippen molar-refractivity contribution >= 4 is 17.4 Å². The zero-order valence-electron chi connectivity index (χ0n) is 15.6. The monoisotopic (exact) mass is 423 g/mol. The second-order valence-corrected chi connectivity index (χ2v) is 6.93. The molecule has 0 spiro atoms. The molecule has 0 atom stereocenters. The van der Waals surface area contributed by atoms with Crippen molar-refractivity contribution in [3.8, 4) is 28.4 Å². The van der Waals surface area contributed by atoms with E-state index in [9.17, 15) is 13.2 Å². The van der Waals surface area contributed by atoms with Gasteiger partial charge in [-0.3, -0.25) is 0 Å². The molecule has 0 bridgehead atoms. The topological polar surface area (TPSA) is 48.3 Å². The Hall–Kier alpha value is -2.87. The van der Waals surface area contributed by atoms with E-state index in [1.54, 1.807) is 25.3 Å². The number of ether oxygens (including phenoxy) is 2. The highest BCUT2D eigenvalue weighted by atomic mass is 35.5. The number of nitrogens with zero attached hydrogens (tertiary/aromatic N) is 2. The standard InChI is InChI=1S/C20H17ClF3N3O2/c1-28-12-4-5-13(17(10-12)29-2)18-14-7-8-25-19(14)27(26-18)16-6-3-11(21)9-15(16)20(22,23)24/h3-6,9-10,25H,7-8H2,1-2H3. The molecule has 3 aromatic rings. The molecule has 1 aliphatic rings. The Labute approximate surface area is 170 Å². The van der Waals surface area contributed by atoms with Crippen molar-refractivity contribution in [2.24, 2.45) is 0 Å². The molecule has 5 nitrogen and oxygen atoms in total. The number of fused-ring (bicyclic) bond motifs is 1. The van der Waals surface area contributed by atoms with E-state index >= 15 is 0 Å². The second-order valence-electron chi connectivity index (χ2n) is 6.49. The number of hydrogen-bond acceptors (Lipinski definition) is 4. The minimum absolute atomic E-state index is 0.00915. The molecule has 2 heterocycles. The Morgan fingerprint density at radius 2 is 1.90 bits per heavy atom. The summed E-state index contributed by atoms with van der Waals surface area (Å²) in [6.07, 6.45) is -3.94. The molecule has 0 saturated carbocycles. The number of nitrogens with one attached hydrogen (secondary N) is 1. The molecule has 0 fully saturated rings. The van der Waals surface area contributed by atoms with E-state index in [2.05, 4.69) is 10.4 Å². The van der Waals surface area contributed by atoms with Crippen LogP contribution in [0.2, 0.25) is 5.02 Å². The lowest BCUT2D eigenvalue weighted by molar-refractivity contribution is -0.137. The number of anilines is 1. The Bertz CT molecular complexity index is 1080. The Kier molecular flexibility index (Phi) is 4.82. The first-order valence-corrected chi connectivity index (χ1v) is 9.16. The van der Waals surface area contributed by atoms with Gasteiger partial charge < -0.3 is 14.8 Å². The number of halogens is 4. The van der Waals surface area contributed by atoms with Gasteiger partial charge in [-0.2, -0.15) is 18.3 Å². The maximum Gasteiger partial charge on any atom is 0.418 e. The quantitative estimate of drug-likeness (QED) is 0.627. The molecule has 152 valence electrons. The van der Waals surface area contributed by atoms with Crippen LogP contribution in [0, 0.1) is 0 Å². The van der Waals surface area contributed by atoms with Crippen LogP contribution in [0.4, 0.5) is 19.0 Å². The van der Waals surface area contributed by atoms with Crippen molar-refractivity contribution in [1.29, 1.82) is 0 Å². The molecule has 9 heteroatoms. The summed E-state index contributed by atoms with van der Waals surface area (Å²) in [5, 5.41) is 7.68. The van der Waals surface area contributed by atoms with E-state index in [0.29, 0.717) is 41.5 Å². The Balaban J connectivity index is 1.93. The molecular weight excluding hydrogens is 407 g/mol. The summed E-state index contributed by atoms with van der Waals surface area (Å²) in [6, 6.07) is 8.92. The van der Waals surface area contributed by atoms with Crippen LogP contribution in [-0.4, -0.2) is 30.5 Å². The Morgan fingerprint density at radius 3 is 2.59 bits per heavy atom. The van der Waals surface area contributed by atoms with E-state index in [1.165, 1.54) is 23.9 Å². The number of methoxy groups -OCH3 is 2. The number of rotatable bonds is 4. The fourth-order valence-electron chi connectivity index (χ4n) is 3.48. The molecule has 29 heavy (non-hydrogen) atoms.